The topological polar surface area (TPSA) is 71.5 Å². The van der Waals surface area contributed by atoms with E-state index >= 15 is 0 Å². The summed E-state index contributed by atoms with van der Waals surface area (Å²) in [5.74, 6) is 2.15. The molecule has 2 aromatic heterocycles. The van der Waals surface area contributed by atoms with Crippen LogP contribution < -0.4 is 4.74 Å². The number of benzene rings is 1. The van der Waals surface area contributed by atoms with Gasteiger partial charge in [-0.25, -0.2) is 9.97 Å². The molecule has 4 heterocycles. The minimum absolute atomic E-state index is 0.168. The van der Waals surface area contributed by atoms with Crippen molar-refractivity contribution >= 4 is 5.91 Å². The minimum Gasteiger partial charge on any atom is -0.495 e. The Kier molecular flexibility index (Phi) is 7.01. The number of likely N-dealkylation sites (tertiary alicyclic amines) is 2. The lowest BCUT2D eigenvalue weighted by Crippen LogP contribution is -2.62. The molecule has 2 fully saturated rings. The molecule has 1 spiro atoms. The number of aromatic nitrogens is 3. The first kappa shape index (κ1) is 24.4. The van der Waals surface area contributed by atoms with Crippen LogP contribution in [0.4, 0.5) is 0 Å². The molecule has 36 heavy (non-hydrogen) atoms. The van der Waals surface area contributed by atoms with Crippen LogP contribution in [0.2, 0.25) is 0 Å². The first-order chi connectivity index (χ1) is 17.5. The molecule has 0 bridgehead atoms. The lowest BCUT2D eigenvalue weighted by atomic mass is 9.70. The predicted molar refractivity (Wildman–Crippen MR) is 139 cm³/mol. The van der Waals surface area contributed by atoms with Gasteiger partial charge in [0.15, 0.2) is 5.82 Å². The van der Waals surface area contributed by atoms with E-state index < -0.39 is 0 Å². The first-order valence-electron chi connectivity index (χ1n) is 12.8. The summed E-state index contributed by atoms with van der Waals surface area (Å²) in [7, 11) is 1.62. The highest BCUT2D eigenvalue weighted by Crippen LogP contribution is 2.46. The van der Waals surface area contributed by atoms with Crippen molar-refractivity contribution in [2.24, 2.45) is 11.3 Å². The number of hydrogen-bond donors (Lipinski definition) is 0. The molecule has 5 rings (SSSR count). The molecule has 7 nitrogen and oxygen atoms in total. The summed E-state index contributed by atoms with van der Waals surface area (Å²) in [6.45, 7) is 8.47. The highest BCUT2D eigenvalue weighted by atomic mass is 16.5. The number of ether oxygens (including phenoxy) is 1. The number of piperidine rings is 1. The molecule has 0 saturated carbocycles. The zero-order valence-electron chi connectivity index (χ0n) is 21.4. The quantitative estimate of drug-likeness (QED) is 0.494. The molecule has 1 atom stereocenters. The lowest BCUT2D eigenvalue weighted by Gasteiger charge is -2.57. The fourth-order valence-corrected chi connectivity index (χ4v) is 5.76. The number of hydrogen-bond acceptors (Lipinski definition) is 6. The summed E-state index contributed by atoms with van der Waals surface area (Å²) in [5.41, 5.74) is 3.52. The van der Waals surface area contributed by atoms with Crippen molar-refractivity contribution in [3.63, 3.8) is 0 Å². The molecule has 2 aliphatic rings. The van der Waals surface area contributed by atoms with E-state index in [0.717, 1.165) is 56.1 Å². The zero-order valence-corrected chi connectivity index (χ0v) is 21.4. The van der Waals surface area contributed by atoms with Gasteiger partial charge in [-0.3, -0.25) is 14.7 Å². The molecule has 0 aliphatic carbocycles. The van der Waals surface area contributed by atoms with Crippen LogP contribution in [0.15, 0.2) is 61.1 Å². The van der Waals surface area contributed by atoms with Crippen LogP contribution in [0, 0.1) is 11.3 Å². The molecule has 2 aliphatic heterocycles. The standard InChI is InChI=1S/C29H35N5O2/c1-21(2)27(22-5-7-23(8-6-22)28-30-13-4-14-31-28)34-19-29(20-34)11-15-33(16-12-29)26(35)17-24-9-10-25(36-3)18-32-24/h4-10,13-14,18,21,27H,11-12,15-17,19-20H2,1-3H3/t27-/m0/s1. The van der Waals surface area contributed by atoms with Crippen LogP contribution >= 0.6 is 0 Å². The van der Waals surface area contributed by atoms with E-state index in [1.807, 2.05) is 23.1 Å². The van der Waals surface area contributed by atoms with E-state index in [4.69, 9.17) is 4.74 Å². The Hall–Kier alpha value is -3.32. The molecule has 7 heteroatoms. The second-order valence-electron chi connectivity index (χ2n) is 10.5. The number of carbonyl (C=O) groups is 1. The third kappa shape index (κ3) is 5.12. The Morgan fingerprint density at radius 2 is 1.69 bits per heavy atom. The molecular formula is C29H35N5O2. The largest absolute Gasteiger partial charge is 0.495 e. The molecule has 0 unspecified atom stereocenters. The number of methoxy groups -OCH3 is 1. The van der Waals surface area contributed by atoms with Crippen molar-refractivity contribution in [1.29, 1.82) is 0 Å². The zero-order chi connectivity index (χ0) is 25.1. The fourth-order valence-electron chi connectivity index (χ4n) is 5.76. The third-order valence-corrected chi connectivity index (χ3v) is 7.72. The second-order valence-corrected chi connectivity index (χ2v) is 10.5. The van der Waals surface area contributed by atoms with E-state index in [0.29, 0.717) is 29.5 Å². The van der Waals surface area contributed by atoms with Crippen LogP contribution in [0.25, 0.3) is 11.4 Å². The van der Waals surface area contributed by atoms with Gasteiger partial charge in [0.25, 0.3) is 0 Å². The summed E-state index contributed by atoms with van der Waals surface area (Å²) in [6, 6.07) is 14.7. The van der Waals surface area contributed by atoms with Gasteiger partial charge in [0.05, 0.1) is 19.7 Å². The molecule has 1 aromatic carbocycles. The van der Waals surface area contributed by atoms with Crippen LogP contribution in [0.5, 0.6) is 5.75 Å². The third-order valence-electron chi connectivity index (χ3n) is 7.72. The normalized spacial score (nSPS) is 18.2. The van der Waals surface area contributed by atoms with Gasteiger partial charge in [-0.2, -0.15) is 0 Å². The molecule has 188 valence electrons. The Labute approximate surface area is 213 Å². The maximum absolute atomic E-state index is 12.9. The monoisotopic (exact) mass is 485 g/mol. The van der Waals surface area contributed by atoms with Gasteiger partial charge in [0.1, 0.15) is 5.75 Å². The lowest BCUT2D eigenvalue weighted by molar-refractivity contribution is -0.137. The number of pyridine rings is 1. The van der Waals surface area contributed by atoms with E-state index in [2.05, 4.69) is 58.0 Å². The summed E-state index contributed by atoms with van der Waals surface area (Å²) in [5, 5.41) is 0. The van der Waals surface area contributed by atoms with Crippen molar-refractivity contribution in [2.45, 2.75) is 39.2 Å². The van der Waals surface area contributed by atoms with E-state index in [-0.39, 0.29) is 5.91 Å². The Morgan fingerprint density at radius 1 is 1.00 bits per heavy atom. The Bertz CT molecular complexity index is 1150. The maximum atomic E-state index is 12.9. The predicted octanol–water partition coefficient (Wildman–Crippen LogP) is 4.41. The van der Waals surface area contributed by atoms with Crippen molar-refractivity contribution in [3.8, 4) is 17.1 Å². The van der Waals surface area contributed by atoms with Crippen molar-refractivity contribution < 1.29 is 9.53 Å². The fraction of sp³-hybridized carbons (Fsp3) is 0.448. The van der Waals surface area contributed by atoms with Crippen molar-refractivity contribution in [1.82, 2.24) is 24.8 Å². The first-order valence-corrected chi connectivity index (χ1v) is 12.8. The van der Waals surface area contributed by atoms with Gasteiger partial charge in [-0.15, -0.1) is 0 Å². The smallest absolute Gasteiger partial charge is 0.228 e. The van der Waals surface area contributed by atoms with Gasteiger partial charge >= 0.3 is 0 Å². The highest BCUT2D eigenvalue weighted by molar-refractivity contribution is 5.78. The van der Waals surface area contributed by atoms with Crippen LogP contribution in [0.3, 0.4) is 0 Å². The Morgan fingerprint density at radius 3 is 2.28 bits per heavy atom. The van der Waals surface area contributed by atoms with Crippen LogP contribution in [-0.2, 0) is 11.2 Å². The van der Waals surface area contributed by atoms with Crippen LogP contribution in [-0.4, -0.2) is 63.9 Å². The summed E-state index contributed by atoms with van der Waals surface area (Å²) in [4.78, 5) is 30.6. The van der Waals surface area contributed by atoms with Crippen molar-refractivity contribution in [2.75, 3.05) is 33.3 Å². The summed E-state index contributed by atoms with van der Waals surface area (Å²) in [6.07, 6.45) is 7.72. The number of carbonyl (C=O) groups excluding carboxylic acids is 1. The second kappa shape index (κ2) is 10.3. The van der Waals surface area contributed by atoms with E-state index in [1.165, 1.54) is 5.56 Å². The maximum Gasteiger partial charge on any atom is 0.228 e. The molecule has 2 saturated heterocycles. The number of rotatable bonds is 7. The van der Waals surface area contributed by atoms with Crippen LogP contribution in [0.1, 0.15) is 44.0 Å². The molecule has 0 N–H and O–H groups in total. The van der Waals surface area contributed by atoms with E-state index in [1.54, 1.807) is 25.7 Å². The highest BCUT2D eigenvalue weighted by Gasteiger charge is 2.48. The van der Waals surface area contributed by atoms with Gasteiger partial charge in [0.2, 0.25) is 5.91 Å². The van der Waals surface area contributed by atoms with Gasteiger partial charge in [0, 0.05) is 55.9 Å². The van der Waals surface area contributed by atoms with E-state index in [9.17, 15) is 4.79 Å². The number of nitrogens with zero attached hydrogens (tertiary/aromatic N) is 5. The average Bonchev–Trinajstić information content (AvgIpc) is 2.89. The molecular weight excluding hydrogens is 450 g/mol. The molecule has 0 radical (unpaired) electrons. The Balaban J connectivity index is 1.16. The minimum atomic E-state index is 0.168. The molecule has 1 amide bonds. The van der Waals surface area contributed by atoms with Gasteiger partial charge < -0.3 is 9.64 Å². The summed E-state index contributed by atoms with van der Waals surface area (Å²) < 4.78 is 5.16. The number of amides is 1. The SMILES string of the molecule is COc1ccc(CC(=O)N2CCC3(CC2)CN([C@H](c2ccc(-c4ncccn4)cc2)C(C)C)C3)nc1. The molecule has 3 aromatic rings. The summed E-state index contributed by atoms with van der Waals surface area (Å²) >= 11 is 0. The van der Waals surface area contributed by atoms with Gasteiger partial charge in [-0.1, -0.05) is 38.1 Å². The van der Waals surface area contributed by atoms with Gasteiger partial charge in [-0.05, 0) is 47.9 Å². The average molecular weight is 486 g/mol. The van der Waals surface area contributed by atoms with Crippen molar-refractivity contribution in [3.05, 3.63) is 72.3 Å².